The second kappa shape index (κ2) is 18.9. The lowest BCUT2D eigenvalue weighted by Gasteiger charge is -2.20. The van der Waals surface area contributed by atoms with Gasteiger partial charge in [0.05, 0.1) is 22.4 Å². The quantitative estimate of drug-likeness (QED) is 0.0659. The molecule has 4 aromatic heterocycles. The van der Waals surface area contributed by atoms with Crippen LogP contribution in [0.25, 0.3) is 45.1 Å². The number of benzene rings is 2. The van der Waals surface area contributed by atoms with E-state index in [1.807, 2.05) is 129 Å². The lowest BCUT2D eigenvalue weighted by atomic mass is 9.88. The average molecular weight is 916 g/mol. The highest BCUT2D eigenvalue weighted by molar-refractivity contribution is 6.42. The number of aliphatic imine (C=N–C) groups is 2. The number of hydrogen-bond acceptors (Lipinski definition) is 5. The van der Waals surface area contributed by atoms with E-state index in [1.54, 1.807) is 25.4 Å². The van der Waals surface area contributed by atoms with Crippen LogP contribution >= 0.6 is 0 Å². The van der Waals surface area contributed by atoms with E-state index >= 15 is 17.3 Å². The molecule has 13 heteroatoms. The molecule has 0 atom stereocenters. The first-order chi connectivity index (χ1) is 32.5. The van der Waals surface area contributed by atoms with Crippen LogP contribution in [-0.4, -0.2) is 59.2 Å². The maximum Gasteiger partial charge on any atom is 0.678 e. The highest BCUT2D eigenvalue weighted by Gasteiger charge is 2.36. The highest BCUT2D eigenvalue weighted by atomic mass is 19.2. The van der Waals surface area contributed by atoms with Gasteiger partial charge in [-0.3, -0.25) is 37.2 Å². The van der Waals surface area contributed by atoms with Gasteiger partial charge in [0.2, 0.25) is 0 Å². The standard InChI is InChI=1S/C55H59B2F4N7/c1-14-39-30(5)50(64-34(39)9)48(54-32(7)41(16-3)36(11)67(54)56(58)59)43-26-28-62-52-45(43)23-24-46-44(27-29-63-53(46)52)49(51-31(6)40(15-2)35(10)65-51)55-33(8)42(17-4)47(68(55)57(60)61)25-20-37-18-21-38(22-19-37)66(12)13/h18-29H,14-17H2,1-13H3/b25-20+,50-48+,51-49+. The summed E-state index contributed by atoms with van der Waals surface area (Å²) in [6.45, 7) is 21.8. The van der Waals surface area contributed by atoms with Crippen LogP contribution in [-0.2, 0) is 12.8 Å². The molecule has 68 heavy (non-hydrogen) atoms. The summed E-state index contributed by atoms with van der Waals surface area (Å²) >= 11 is 0. The molecule has 2 aromatic carbocycles. The second-order valence-corrected chi connectivity index (χ2v) is 18.0. The summed E-state index contributed by atoms with van der Waals surface area (Å²) in [7, 11) is -1.73. The smallest absolute Gasteiger partial charge is 0.378 e. The number of anilines is 1. The van der Waals surface area contributed by atoms with Crippen molar-refractivity contribution in [2.75, 3.05) is 19.0 Å². The Kier molecular flexibility index (Phi) is 13.3. The van der Waals surface area contributed by atoms with E-state index < -0.39 is 14.8 Å². The summed E-state index contributed by atoms with van der Waals surface area (Å²) in [4.78, 5) is 22.2. The summed E-state index contributed by atoms with van der Waals surface area (Å²) in [6, 6.07) is 15.7. The van der Waals surface area contributed by atoms with Crippen molar-refractivity contribution in [2.24, 2.45) is 9.98 Å². The van der Waals surface area contributed by atoms with E-state index in [9.17, 15) is 0 Å². The van der Waals surface area contributed by atoms with Gasteiger partial charge >= 0.3 is 14.8 Å². The van der Waals surface area contributed by atoms with Gasteiger partial charge in [-0.2, -0.15) is 0 Å². The molecule has 0 aliphatic carbocycles. The number of aromatic nitrogens is 4. The normalized spacial score (nSPS) is 15.7. The maximum absolute atomic E-state index is 16.1. The predicted octanol–water partition coefficient (Wildman–Crippen LogP) is 14.1. The number of halogens is 4. The molecule has 8 rings (SSSR count). The van der Waals surface area contributed by atoms with E-state index in [-0.39, 0.29) is 0 Å². The van der Waals surface area contributed by atoms with E-state index in [1.165, 1.54) is 4.48 Å². The van der Waals surface area contributed by atoms with Crippen molar-refractivity contribution in [1.82, 2.24) is 18.9 Å². The van der Waals surface area contributed by atoms with Gasteiger partial charge in [-0.05, 0) is 166 Å². The average Bonchev–Trinajstić information content (AvgIpc) is 3.96. The molecule has 0 spiro atoms. The topological polar surface area (TPSA) is 63.6 Å². The molecule has 7 nitrogen and oxygen atoms in total. The molecule has 2 aliphatic heterocycles. The van der Waals surface area contributed by atoms with Crippen molar-refractivity contribution in [3.8, 4) is 0 Å². The Labute approximate surface area is 398 Å². The largest absolute Gasteiger partial charge is 0.678 e. The van der Waals surface area contributed by atoms with Crippen LogP contribution in [0, 0.1) is 20.8 Å². The van der Waals surface area contributed by atoms with E-state index in [0.29, 0.717) is 91.1 Å². The Morgan fingerprint density at radius 3 is 1.44 bits per heavy atom. The van der Waals surface area contributed by atoms with Crippen molar-refractivity contribution < 1.29 is 17.3 Å². The van der Waals surface area contributed by atoms with Crippen molar-refractivity contribution >= 4 is 77.0 Å². The summed E-state index contributed by atoms with van der Waals surface area (Å²) in [5, 5.41) is 1.40. The van der Waals surface area contributed by atoms with Crippen LogP contribution in [0.1, 0.15) is 130 Å². The Morgan fingerprint density at radius 1 is 0.574 bits per heavy atom. The fraction of sp³-hybridized carbons (Fsp3) is 0.309. The van der Waals surface area contributed by atoms with Gasteiger partial charge in [-0.15, -0.1) is 0 Å². The first kappa shape index (κ1) is 48.0. The van der Waals surface area contributed by atoms with Crippen LogP contribution in [0.5, 0.6) is 0 Å². The SMILES string of the molecule is CCC1=C(C)/C(=C(/c2ccnc3c2ccc2c(/C(=C4\N=C(C)C(CC)=C4C)c4c(C)c(CC)c(/C=C/c5ccc(N(C)C)cc5)n4B(F)F)ccnc23)c2c(C)c(CC)c(C)n2B(F)F)N=C1C. The third kappa shape index (κ3) is 7.81. The number of pyridine rings is 2. The van der Waals surface area contributed by atoms with Gasteiger partial charge in [0.25, 0.3) is 0 Å². The Hall–Kier alpha value is -6.49. The zero-order valence-electron chi connectivity index (χ0n) is 41.6. The molecule has 0 unspecified atom stereocenters. The van der Waals surface area contributed by atoms with Crippen LogP contribution in [0.4, 0.5) is 23.0 Å². The molecular weight excluding hydrogens is 856 g/mol. The van der Waals surface area contributed by atoms with Crippen LogP contribution in [0.15, 0.2) is 105 Å². The molecule has 6 aromatic rings. The first-order valence-corrected chi connectivity index (χ1v) is 23.6. The summed E-state index contributed by atoms with van der Waals surface area (Å²) in [5.41, 5.74) is 17.6. The first-order valence-electron chi connectivity index (χ1n) is 23.6. The Bertz CT molecular complexity index is 3270. The minimum atomic E-state index is -2.89. The zero-order valence-corrected chi connectivity index (χ0v) is 41.6. The minimum Gasteiger partial charge on any atom is -0.378 e. The van der Waals surface area contributed by atoms with Crippen molar-refractivity contribution in [3.05, 3.63) is 156 Å². The maximum atomic E-state index is 16.1. The number of fused-ring (bicyclic) bond motifs is 3. The molecule has 0 N–H and O–H groups in total. The molecule has 6 heterocycles. The van der Waals surface area contributed by atoms with Gasteiger partial charge in [-0.1, -0.05) is 58.0 Å². The molecular formula is C55H59B2F4N7. The molecule has 0 saturated carbocycles. The predicted molar refractivity (Wildman–Crippen MR) is 280 cm³/mol. The van der Waals surface area contributed by atoms with E-state index in [4.69, 9.17) is 20.0 Å². The molecule has 348 valence electrons. The monoisotopic (exact) mass is 915 g/mol. The van der Waals surface area contributed by atoms with E-state index in [2.05, 4.69) is 13.8 Å². The summed E-state index contributed by atoms with van der Waals surface area (Å²) in [5.74, 6) is 0. The summed E-state index contributed by atoms with van der Waals surface area (Å²) in [6.07, 6.45) is 9.69. The third-order valence-electron chi connectivity index (χ3n) is 14.3. The van der Waals surface area contributed by atoms with Crippen LogP contribution in [0.2, 0.25) is 0 Å². The zero-order chi connectivity index (χ0) is 49.0. The molecule has 2 aliphatic rings. The number of nitrogens with zero attached hydrogens (tertiary/aromatic N) is 7. The molecule has 0 fully saturated rings. The number of allylic oxidation sites excluding steroid dienone is 4. The molecule has 0 amide bonds. The fourth-order valence-corrected chi connectivity index (χ4v) is 11.0. The molecule has 0 bridgehead atoms. The molecule has 0 radical (unpaired) electrons. The van der Waals surface area contributed by atoms with Gasteiger partial charge in [0.15, 0.2) is 0 Å². The highest BCUT2D eigenvalue weighted by Crippen LogP contribution is 2.46. The minimum absolute atomic E-state index is 0.387. The lowest BCUT2D eigenvalue weighted by molar-refractivity contribution is 0.623. The second-order valence-electron chi connectivity index (χ2n) is 18.0. The molecule has 0 saturated heterocycles. The van der Waals surface area contributed by atoms with Crippen LogP contribution < -0.4 is 4.90 Å². The van der Waals surface area contributed by atoms with Crippen molar-refractivity contribution in [2.45, 2.75) is 102 Å². The van der Waals surface area contributed by atoms with E-state index in [0.717, 1.165) is 84.5 Å². The third-order valence-corrected chi connectivity index (χ3v) is 14.3. The lowest BCUT2D eigenvalue weighted by Crippen LogP contribution is -2.19. The summed E-state index contributed by atoms with van der Waals surface area (Å²) < 4.78 is 65.4. The Balaban J connectivity index is 1.44. The Morgan fingerprint density at radius 2 is 1.03 bits per heavy atom. The van der Waals surface area contributed by atoms with Gasteiger partial charge in [0.1, 0.15) is 0 Å². The van der Waals surface area contributed by atoms with Gasteiger partial charge < -0.3 is 13.9 Å². The number of rotatable bonds is 13. The van der Waals surface area contributed by atoms with Gasteiger partial charge in [-0.25, -0.2) is 0 Å². The number of hydrogen-bond donors (Lipinski definition) is 0. The van der Waals surface area contributed by atoms with Crippen molar-refractivity contribution in [1.29, 1.82) is 0 Å². The van der Waals surface area contributed by atoms with Crippen LogP contribution in [0.3, 0.4) is 0 Å². The van der Waals surface area contributed by atoms with Crippen molar-refractivity contribution in [3.63, 3.8) is 0 Å². The fourth-order valence-electron chi connectivity index (χ4n) is 11.0. The van der Waals surface area contributed by atoms with Gasteiger partial charge in [0, 0.05) is 88.3 Å².